The number of urea groups is 1. The molecule has 0 saturated carbocycles. The molecule has 1 fully saturated rings. The first kappa shape index (κ1) is 14.3. The number of primary amides is 1. The minimum absolute atomic E-state index is 0.00419. The molecular weight excluding hydrogens is 330 g/mol. The van der Waals surface area contributed by atoms with Crippen molar-refractivity contribution < 1.29 is 9.59 Å². The van der Waals surface area contributed by atoms with Crippen molar-refractivity contribution in [1.29, 1.82) is 0 Å². The molecule has 1 aromatic heterocycles. The van der Waals surface area contributed by atoms with E-state index in [0.29, 0.717) is 19.6 Å². The van der Waals surface area contributed by atoms with Gasteiger partial charge in [-0.05, 0) is 40.9 Å². The fourth-order valence-electron chi connectivity index (χ4n) is 2.16. The smallest absolute Gasteiger partial charge is 0.314 e. The van der Waals surface area contributed by atoms with Crippen LogP contribution in [0.1, 0.15) is 17.7 Å². The number of halogens is 1. The summed E-state index contributed by atoms with van der Waals surface area (Å²) in [4.78, 5) is 25.8. The number of nitrogens with zero attached hydrogens (tertiary/aromatic N) is 1. The van der Waals surface area contributed by atoms with Crippen molar-refractivity contribution in [2.45, 2.75) is 19.4 Å². The quantitative estimate of drug-likeness (QED) is 0.877. The monoisotopic (exact) mass is 345 g/mol. The molecule has 1 saturated heterocycles. The van der Waals surface area contributed by atoms with Crippen LogP contribution in [0.25, 0.3) is 0 Å². The van der Waals surface area contributed by atoms with Gasteiger partial charge in [0.15, 0.2) is 0 Å². The number of amides is 3. The van der Waals surface area contributed by atoms with Crippen molar-refractivity contribution in [3.63, 3.8) is 0 Å². The number of likely N-dealkylation sites (tertiary alicyclic amines) is 1. The SMILES string of the molecule is NC(=O)N1CCCC(C(=O)NCc2ccc(Br)s2)C1. The highest BCUT2D eigenvalue weighted by Crippen LogP contribution is 2.22. The molecule has 7 heteroatoms. The fraction of sp³-hybridized carbons (Fsp3) is 0.500. The Morgan fingerprint density at radius 2 is 2.32 bits per heavy atom. The fourth-order valence-corrected chi connectivity index (χ4v) is 3.58. The molecule has 1 aromatic rings. The summed E-state index contributed by atoms with van der Waals surface area (Å²) in [6.07, 6.45) is 1.63. The average molecular weight is 346 g/mol. The Labute approximate surface area is 124 Å². The molecule has 0 aromatic carbocycles. The average Bonchev–Trinajstić information content (AvgIpc) is 2.82. The van der Waals surface area contributed by atoms with E-state index >= 15 is 0 Å². The zero-order valence-corrected chi connectivity index (χ0v) is 12.8. The van der Waals surface area contributed by atoms with E-state index in [1.807, 2.05) is 12.1 Å². The minimum Gasteiger partial charge on any atom is -0.351 e. The normalized spacial score (nSPS) is 19.2. The maximum absolute atomic E-state index is 12.0. The van der Waals surface area contributed by atoms with E-state index in [-0.39, 0.29) is 11.8 Å². The molecular formula is C12H16BrN3O2S. The summed E-state index contributed by atoms with van der Waals surface area (Å²) in [6.45, 7) is 1.61. The Morgan fingerprint density at radius 3 is 2.95 bits per heavy atom. The van der Waals surface area contributed by atoms with E-state index in [1.54, 1.807) is 11.3 Å². The molecule has 2 heterocycles. The first-order chi connectivity index (χ1) is 9.06. The molecule has 0 aliphatic carbocycles. The van der Waals surface area contributed by atoms with Gasteiger partial charge in [-0.2, -0.15) is 0 Å². The highest BCUT2D eigenvalue weighted by atomic mass is 79.9. The Balaban J connectivity index is 1.84. The summed E-state index contributed by atoms with van der Waals surface area (Å²) >= 11 is 4.99. The third kappa shape index (κ3) is 3.94. The summed E-state index contributed by atoms with van der Waals surface area (Å²) in [6, 6.07) is 3.49. The molecule has 1 unspecified atom stereocenters. The summed E-state index contributed by atoms with van der Waals surface area (Å²) < 4.78 is 1.05. The van der Waals surface area contributed by atoms with Gasteiger partial charge < -0.3 is 16.0 Å². The molecule has 1 atom stereocenters. The van der Waals surface area contributed by atoms with Crippen LogP contribution in [-0.4, -0.2) is 29.9 Å². The largest absolute Gasteiger partial charge is 0.351 e. The van der Waals surface area contributed by atoms with Gasteiger partial charge in [-0.3, -0.25) is 4.79 Å². The third-order valence-corrected chi connectivity index (χ3v) is 4.79. The van der Waals surface area contributed by atoms with Gasteiger partial charge >= 0.3 is 6.03 Å². The van der Waals surface area contributed by atoms with Crippen molar-refractivity contribution in [2.24, 2.45) is 11.7 Å². The maximum atomic E-state index is 12.0. The number of nitrogens with two attached hydrogens (primary N) is 1. The van der Waals surface area contributed by atoms with Crippen molar-refractivity contribution in [2.75, 3.05) is 13.1 Å². The topological polar surface area (TPSA) is 75.4 Å². The van der Waals surface area contributed by atoms with Gasteiger partial charge in [0.2, 0.25) is 5.91 Å². The van der Waals surface area contributed by atoms with E-state index < -0.39 is 6.03 Å². The number of carbonyl (C=O) groups is 2. The van der Waals surface area contributed by atoms with Gasteiger partial charge in [0.25, 0.3) is 0 Å². The van der Waals surface area contributed by atoms with Crippen LogP contribution in [0.15, 0.2) is 15.9 Å². The van der Waals surface area contributed by atoms with E-state index in [4.69, 9.17) is 5.73 Å². The van der Waals surface area contributed by atoms with Crippen LogP contribution in [0.5, 0.6) is 0 Å². The summed E-state index contributed by atoms with van der Waals surface area (Å²) in [5, 5.41) is 2.91. The summed E-state index contributed by atoms with van der Waals surface area (Å²) in [5.41, 5.74) is 5.25. The molecule has 0 radical (unpaired) electrons. The number of rotatable bonds is 3. The predicted molar refractivity (Wildman–Crippen MR) is 77.7 cm³/mol. The Bertz CT molecular complexity index is 477. The van der Waals surface area contributed by atoms with Crippen LogP contribution in [0.4, 0.5) is 4.79 Å². The number of thiophene rings is 1. The Kier molecular flexibility index (Phi) is 4.81. The highest BCUT2D eigenvalue weighted by Gasteiger charge is 2.27. The van der Waals surface area contributed by atoms with E-state index in [0.717, 1.165) is 21.5 Å². The molecule has 1 aliphatic heterocycles. The lowest BCUT2D eigenvalue weighted by atomic mass is 9.97. The lowest BCUT2D eigenvalue weighted by molar-refractivity contribution is -0.126. The van der Waals surface area contributed by atoms with Crippen LogP contribution < -0.4 is 11.1 Å². The summed E-state index contributed by atoms with van der Waals surface area (Å²) in [7, 11) is 0. The van der Waals surface area contributed by atoms with Gasteiger partial charge in [-0.1, -0.05) is 0 Å². The number of hydrogen-bond donors (Lipinski definition) is 2. The molecule has 19 heavy (non-hydrogen) atoms. The highest BCUT2D eigenvalue weighted by molar-refractivity contribution is 9.11. The van der Waals surface area contributed by atoms with E-state index in [1.165, 1.54) is 4.90 Å². The van der Waals surface area contributed by atoms with Gasteiger partial charge in [0, 0.05) is 18.0 Å². The van der Waals surface area contributed by atoms with Gasteiger partial charge in [-0.25, -0.2) is 4.79 Å². The second kappa shape index (κ2) is 6.38. The predicted octanol–water partition coefficient (Wildman–Crippen LogP) is 1.92. The lowest BCUT2D eigenvalue weighted by Crippen LogP contribution is -2.47. The lowest BCUT2D eigenvalue weighted by Gasteiger charge is -2.30. The van der Waals surface area contributed by atoms with Crippen LogP contribution in [0.2, 0.25) is 0 Å². The number of piperidine rings is 1. The van der Waals surface area contributed by atoms with Gasteiger partial charge in [0.1, 0.15) is 0 Å². The van der Waals surface area contributed by atoms with Gasteiger partial charge in [0.05, 0.1) is 16.2 Å². The van der Waals surface area contributed by atoms with E-state index in [2.05, 4.69) is 21.2 Å². The van der Waals surface area contributed by atoms with Crippen molar-refractivity contribution in [1.82, 2.24) is 10.2 Å². The second-order valence-electron chi connectivity index (χ2n) is 4.55. The molecule has 0 bridgehead atoms. The number of carbonyl (C=O) groups excluding carboxylic acids is 2. The Hall–Kier alpha value is -1.08. The first-order valence-electron chi connectivity index (χ1n) is 6.12. The van der Waals surface area contributed by atoms with E-state index in [9.17, 15) is 9.59 Å². The third-order valence-electron chi connectivity index (χ3n) is 3.17. The molecule has 3 amide bonds. The molecule has 1 aliphatic rings. The molecule has 5 nitrogen and oxygen atoms in total. The maximum Gasteiger partial charge on any atom is 0.314 e. The minimum atomic E-state index is -0.445. The molecule has 2 rings (SSSR count). The summed E-state index contributed by atoms with van der Waals surface area (Å²) in [5.74, 6) is -0.153. The zero-order chi connectivity index (χ0) is 13.8. The number of hydrogen-bond acceptors (Lipinski definition) is 3. The second-order valence-corrected chi connectivity index (χ2v) is 7.09. The first-order valence-corrected chi connectivity index (χ1v) is 7.73. The van der Waals surface area contributed by atoms with Crippen LogP contribution in [0.3, 0.4) is 0 Å². The van der Waals surface area contributed by atoms with Crippen LogP contribution in [0, 0.1) is 5.92 Å². The number of nitrogens with one attached hydrogen (secondary N) is 1. The van der Waals surface area contributed by atoms with Crippen LogP contribution >= 0.6 is 27.3 Å². The zero-order valence-electron chi connectivity index (χ0n) is 10.4. The van der Waals surface area contributed by atoms with Gasteiger partial charge in [-0.15, -0.1) is 11.3 Å². The standard InChI is InChI=1S/C12H16BrN3O2S/c13-10-4-3-9(19-10)6-15-11(17)8-2-1-5-16(7-8)12(14)18/h3-4,8H,1-2,5-7H2,(H2,14,18)(H,15,17). The molecule has 0 spiro atoms. The Morgan fingerprint density at radius 1 is 1.53 bits per heavy atom. The van der Waals surface area contributed by atoms with Crippen molar-refractivity contribution in [3.8, 4) is 0 Å². The van der Waals surface area contributed by atoms with Crippen molar-refractivity contribution >= 4 is 39.2 Å². The molecule has 104 valence electrons. The molecule has 3 N–H and O–H groups in total. The van der Waals surface area contributed by atoms with Crippen molar-refractivity contribution in [3.05, 3.63) is 20.8 Å². The van der Waals surface area contributed by atoms with Crippen LogP contribution in [-0.2, 0) is 11.3 Å².